The van der Waals surface area contributed by atoms with Crippen molar-refractivity contribution in [3.05, 3.63) is 0 Å². The van der Waals surface area contributed by atoms with E-state index in [1.54, 1.807) is 0 Å². The van der Waals surface area contributed by atoms with Crippen LogP contribution in [0.5, 0.6) is 0 Å². The van der Waals surface area contributed by atoms with Crippen molar-refractivity contribution in [1.82, 2.24) is 20.4 Å². The zero-order valence-electron chi connectivity index (χ0n) is 15.7. The van der Waals surface area contributed by atoms with Gasteiger partial charge in [-0.25, -0.2) is 0 Å². The van der Waals surface area contributed by atoms with E-state index in [0.29, 0.717) is 0 Å². The zero-order valence-corrected chi connectivity index (χ0v) is 15.7. The molecule has 2 aliphatic rings. The topological polar surface area (TPSA) is 30.5 Å². The lowest BCUT2D eigenvalue weighted by molar-refractivity contribution is 0.314. The lowest BCUT2D eigenvalue weighted by Gasteiger charge is -2.15. The van der Waals surface area contributed by atoms with Gasteiger partial charge in [0.1, 0.15) is 0 Å². The third-order valence-corrected chi connectivity index (χ3v) is 5.28. The number of hydrogen-bond acceptors (Lipinski definition) is 4. The van der Waals surface area contributed by atoms with E-state index in [-0.39, 0.29) is 0 Å². The zero-order chi connectivity index (χ0) is 16.3. The average Bonchev–Trinajstić information content (AvgIpc) is 3.41. The minimum Gasteiger partial charge on any atom is -0.317 e. The van der Waals surface area contributed by atoms with Gasteiger partial charge in [-0.05, 0) is 111 Å². The molecule has 0 radical (unpaired) electrons. The van der Waals surface area contributed by atoms with Crippen molar-refractivity contribution in [2.24, 2.45) is 0 Å². The van der Waals surface area contributed by atoms with E-state index in [2.05, 4.69) is 34.5 Å². The molecule has 2 fully saturated rings. The van der Waals surface area contributed by atoms with Crippen LogP contribution in [-0.2, 0) is 0 Å². The third kappa shape index (κ3) is 9.65. The number of nitrogens with one attached hydrogen (secondary N) is 2. The molecule has 2 rings (SSSR count). The van der Waals surface area contributed by atoms with E-state index in [1.807, 2.05) is 0 Å². The van der Waals surface area contributed by atoms with Gasteiger partial charge in [0, 0.05) is 12.1 Å². The van der Waals surface area contributed by atoms with Gasteiger partial charge >= 0.3 is 0 Å². The Morgan fingerprint density at radius 2 is 1.00 bits per heavy atom. The molecule has 0 aromatic carbocycles. The normalized spacial score (nSPS) is 18.3. The molecule has 0 aromatic heterocycles. The van der Waals surface area contributed by atoms with E-state index in [0.717, 1.165) is 25.2 Å². The largest absolute Gasteiger partial charge is 0.317 e. The van der Waals surface area contributed by atoms with Crippen molar-refractivity contribution in [2.75, 3.05) is 53.4 Å². The highest BCUT2D eigenvalue weighted by atomic mass is 15.2. The highest BCUT2D eigenvalue weighted by Crippen LogP contribution is 2.25. The minimum absolute atomic E-state index is 0.920. The third-order valence-electron chi connectivity index (χ3n) is 5.28. The first-order valence-electron chi connectivity index (χ1n) is 10.1. The maximum atomic E-state index is 3.58. The molecule has 0 bridgehead atoms. The first-order chi connectivity index (χ1) is 11.3. The Kier molecular flexibility index (Phi) is 9.50. The van der Waals surface area contributed by atoms with Crippen LogP contribution in [0.3, 0.4) is 0 Å². The van der Waals surface area contributed by atoms with Crippen LogP contribution in [0.4, 0.5) is 0 Å². The van der Waals surface area contributed by atoms with Gasteiger partial charge in [0.05, 0.1) is 0 Å². The van der Waals surface area contributed by atoms with E-state index >= 15 is 0 Å². The van der Waals surface area contributed by atoms with Gasteiger partial charge < -0.3 is 20.4 Å². The fourth-order valence-electron chi connectivity index (χ4n) is 3.21. The smallest absolute Gasteiger partial charge is 0.00933 e. The second-order valence-corrected chi connectivity index (χ2v) is 7.69. The Morgan fingerprint density at radius 3 is 1.39 bits per heavy atom. The molecular weight excluding hydrogens is 284 g/mol. The number of unbranched alkanes of at least 4 members (excludes halogenated alkanes) is 2. The van der Waals surface area contributed by atoms with E-state index in [1.165, 1.54) is 84.0 Å². The summed E-state index contributed by atoms with van der Waals surface area (Å²) < 4.78 is 0. The molecule has 0 aromatic rings. The lowest BCUT2D eigenvalue weighted by Crippen LogP contribution is -2.26. The van der Waals surface area contributed by atoms with Gasteiger partial charge in [-0.1, -0.05) is 0 Å². The van der Waals surface area contributed by atoms with E-state index in [9.17, 15) is 0 Å². The second-order valence-electron chi connectivity index (χ2n) is 7.69. The number of hydrogen-bond donors (Lipinski definition) is 2. The van der Waals surface area contributed by atoms with Crippen molar-refractivity contribution in [2.45, 2.75) is 69.9 Å². The van der Waals surface area contributed by atoms with Crippen molar-refractivity contribution in [3.8, 4) is 0 Å². The molecule has 0 saturated heterocycles. The van der Waals surface area contributed by atoms with Crippen molar-refractivity contribution in [1.29, 1.82) is 0 Å². The summed E-state index contributed by atoms with van der Waals surface area (Å²) in [6.07, 6.45) is 12.3. The van der Waals surface area contributed by atoms with Gasteiger partial charge in [0.15, 0.2) is 0 Å². The summed E-state index contributed by atoms with van der Waals surface area (Å²) in [5.41, 5.74) is 0. The standard InChI is InChI=1S/C19H40N4/c1-22(18-8-9-18)16-5-3-12-20-14-7-15-21-13-4-6-17-23(2)19-10-11-19/h18-21H,3-17H2,1-2H3. The van der Waals surface area contributed by atoms with E-state index in [4.69, 9.17) is 0 Å². The first kappa shape index (κ1) is 19.2. The Labute approximate surface area is 144 Å². The Morgan fingerprint density at radius 1 is 0.609 bits per heavy atom. The van der Waals surface area contributed by atoms with Gasteiger partial charge in [-0.3, -0.25) is 0 Å². The molecule has 23 heavy (non-hydrogen) atoms. The Hall–Kier alpha value is -0.160. The summed E-state index contributed by atoms with van der Waals surface area (Å²) in [5.74, 6) is 0. The summed E-state index contributed by atoms with van der Waals surface area (Å²) >= 11 is 0. The van der Waals surface area contributed by atoms with Crippen LogP contribution in [0, 0.1) is 0 Å². The van der Waals surface area contributed by atoms with Crippen LogP contribution in [-0.4, -0.2) is 75.2 Å². The SMILES string of the molecule is CN(CCCCNCCCNCCCCN(C)C1CC1)C1CC1. The summed E-state index contributed by atoms with van der Waals surface area (Å²) in [6.45, 7) is 7.26. The molecule has 2 N–H and O–H groups in total. The predicted molar refractivity (Wildman–Crippen MR) is 100 cm³/mol. The van der Waals surface area contributed by atoms with Crippen LogP contribution in [0.2, 0.25) is 0 Å². The first-order valence-corrected chi connectivity index (χ1v) is 10.1. The number of rotatable bonds is 16. The van der Waals surface area contributed by atoms with E-state index < -0.39 is 0 Å². The minimum atomic E-state index is 0.920. The summed E-state index contributed by atoms with van der Waals surface area (Å²) in [5, 5.41) is 7.15. The quantitative estimate of drug-likeness (QED) is 0.427. The molecular formula is C19H40N4. The van der Waals surface area contributed by atoms with Crippen molar-refractivity contribution < 1.29 is 0 Å². The molecule has 4 heteroatoms. The molecule has 0 aliphatic heterocycles. The fraction of sp³-hybridized carbons (Fsp3) is 1.00. The Bertz CT molecular complexity index is 261. The van der Waals surface area contributed by atoms with Crippen LogP contribution in [0.15, 0.2) is 0 Å². The molecule has 0 heterocycles. The van der Waals surface area contributed by atoms with Crippen LogP contribution >= 0.6 is 0 Å². The molecule has 136 valence electrons. The predicted octanol–water partition coefficient (Wildman–Crippen LogP) is 2.30. The highest BCUT2D eigenvalue weighted by Gasteiger charge is 2.25. The van der Waals surface area contributed by atoms with Crippen LogP contribution < -0.4 is 10.6 Å². The summed E-state index contributed by atoms with van der Waals surface area (Å²) in [4.78, 5) is 5.07. The average molecular weight is 325 g/mol. The second kappa shape index (κ2) is 11.4. The van der Waals surface area contributed by atoms with Crippen LogP contribution in [0.1, 0.15) is 57.8 Å². The van der Waals surface area contributed by atoms with Gasteiger partial charge in [-0.15, -0.1) is 0 Å². The maximum absolute atomic E-state index is 3.58. The molecule has 0 atom stereocenters. The Balaban J connectivity index is 1.22. The molecule has 0 spiro atoms. The lowest BCUT2D eigenvalue weighted by atomic mass is 10.2. The summed E-state index contributed by atoms with van der Waals surface area (Å²) in [7, 11) is 4.56. The fourth-order valence-corrected chi connectivity index (χ4v) is 3.21. The molecule has 0 amide bonds. The van der Waals surface area contributed by atoms with Gasteiger partial charge in [-0.2, -0.15) is 0 Å². The molecule has 2 saturated carbocycles. The van der Waals surface area contributed by atoms with Crippen LogP contribution in [0.25, 0.3) is 0 Å². The molecule has 0 unspecified atom stereocenters. The summed E-state index contributed by atoms with van der Waals surface area (Å²) in [6, 6.07) is 1.84. The van der Waals surface area contributed by atoms with Crippen molar-refractivity contribution in [3.63, 3.8) is 0 Å². The molecule has 4 nitrogen and oxygen atoms in total. The highest BCUT2D eigenvalue weighted by molar-refractivity contribution is 4.82. The maximum Gasteiger partial charge on any atom is 0.00933 e. The van der Waals surface area contributed by atoms with Gasteiger partial charge in [0.25, 0.3) is 0 Å². The van der Waals surface area contributed by atoms with Crippen molar-refractivity contribution >= 4 is 0 Å². The van der Waals surface area contributed by atoms with Gasteiger partial charge in [0.2, 0.25) is 0 Å². The number of nitrogens with zero attached hydrogens (tertiary/aromatic N) is 2. The monoisotopic (exact) mass is 324 g/mol. The molecule has 2 aliphatic carbocycles.